The molecule has 0 unspecified atom stereocenters. The lowest BCUT2D eigenvalue weighted by molar-refractivity contribution is -0.936. The van der Waals surface area contributed by atoms with Gasteiger partial charge in [-0.25, -0.2) is 0 Å². The van der Waals surface area contributed by atoms with Crippen LogP contribution in [0, 0.1) is 0 Å². The lowest BCUT2D eigenvalue weighted by Gasteiger charge is -2.35. The van der Waals surface area contributed by atoms with Crippen LogP contribution in [0.1, 0.15) is 26.3 Å². The van der Waals surface area contributed by atoms with Crippen LogP contribution in [0.25, 0.3) is 0 Å². The van der Waals surface area contributed by atoms with Crippen molar-refractivity contribution < 1.29 is 16.9 Å². The molecule has 0 atom stereocenters. The Kier molecular flexibility index (Phi) is 10.7. The minimum absolute atomic E-state index is 0. The van der Waals surface area contributed by atoms with Gasteiger partial charge in [-0.2, -0.15) is 0 Å². The molecule has 0 aliphatic heterocycles. The van der Waals surface area contributed by atoms with E-state index in [0.717, 1.165) is 0 Å². The summed E-state index contributed by atoms with van der Waals surface area (Å²) in [7, 11) is 0. The maximum absolute atomic E-state index is 2.29. The molecule has 3 heteroatoms. The number of hydrogen-bond donors (Lipinski definition) is 0. The van der Waals surface area contributed by atoms with Crippen LogP contribution in [0.3, 0.4) is 0 Å². The molecule has 0 saturated carbocycles. The van der Waals surface area contributed by atoms with Gasteiger partial charge < -0.3 is 16.9 Å². The zero-order chi connectivity index (χ0) is 10.4. The minimum Gasteiger partial charge on any atom is -1.00 e. The van der Waals surface area contributed by atoms with Gasteiger partial charge in [0.15, 0.2) is 0 Å². The number of benzene rings is 1. The lowest BCUT2D eigenvalue weighted by atomic mass is 10.2. The fraction of sp³-hybridized carbons (Fsp3) is 0.538. The Balaban J connectivity index is 0. The van der Waals surface area contributed by atoms with Crippen LogP contribution >= 0.6 is 24.0 Å². The van der Waals surface area contributed by atoms with Gasteiger partial charge in [-0.05, 0) is 20.8 Å². The standard InChI is InChI=1S/C13H22N.ClH.HI/c1-4-14(5-2,6-3)12-13-10-8-7-9-11-13;;/h7-11H,4-6,12H2,1-3H3;2*1H/q+1;;/p-1. The highest BCUT2D eigenvalue weighted by molar-refractivity contribution is 14.0. The second-order valence-electron chi connectivity index (χ2n) is 3.93. The highest BCUT2D eigenvalue weighted by Crippen LogP contribution is 2.13. The van der Waals surface area contributed by atoms with E-state index in [1.54, 1.807) is 0 Å². The predicted octanol–water partition coefficient (Wildman–Crippen LogP) is 0.685. The van der Waals surface area contributed by atoms with E-state index in [0.29, 0.717) is 0 Å². The molecule has 0 amide bonds. The molecule has 1 aromatic carbocycles. The molecule has 1 aromatic rings. The minimum atomic E-state index is 0. The average Bonchev–Trinajstić information content (AvgIpc) is 2.28. The Bertz CT molecular complexity index is 252. The first-order valence-electron chi connectivity index (χ1n) is 5.65. The van der Waals surface area contributed by atoms with Crippen molar-refractivity contribution in [2.45, 2.75) is 27.3 Å². The van der Waals surface area contributed by atoms with Crippen LogP contribution in [0.4, 0.5) is 0 Å². The summed E-state index contributed by atoms with van der Waals surface area (Å²) in [4.78, 5) is 0. The smallest absolute Gasteiger partial charge is 0.104 e. The largest absolute Gasteiger partial charge is 1.00 e. The molecule has 16 heavy (non-hydrogen) atoms. The first-order chi connectivity index (χ1) is 6.76. The quantitative estimate of drug-likeness (QED) is 0.538. The van der Waals surface area contributed by atoms with Gasteiger partial charge in [-0.1, -0.05) is 30.3 Å². The molecule has 0 aromatic heterocycles. The molecule has 94 valence electrons. The first kappa shape index (κ1) is 18.6. The van der Waals surface area contributed by atoms with Crippen molar-refractivity contribution in [1.29, 1.82) is 0 Å². The zero-order valence-corrected chi connectivity index (χ0v) is 13.5. The number of quaternary nitrogens is 1. The van der Waals surface area contributed by atoms with E-state index in [9.17, 15) is 0 Å². The number of rotatable bonds is 5. The van der Waals surface area contributed by atoms with Gasteiger partial charge in [0.2, 0.25) is 0 Å². The van der Waals surface area contributed by atoms with Gasteiger partial charge in [-0.3, -0.25) is 0 Å². The second-order valence-corrected chi connectivity index (χ2v) is 3.93. The average molecular weight is 356 g/mol. The fourth-order valence-electron chi connectivity index (χ4n) is 1.98. The Labute approximate surface area is 123 Å². The zero-order valence-electron chi connectivity index (χ0n) is 10.4. The van der Waals surface area contributed by atoms with Crippen molar-refractivity contribution in [3.63, 3.8) is 0 Å². The molecule has 1 rings (SSSR count). The molecule has 0 aliphatic carbocycles. The highest BCUT2D eigenvalue weighted by atomic mass is 127. The third-order valence-corrected chi connectivity index (χ3v) is 3.37. The van der Waals surface area contributed by atoms with Gasteiger partial charge in [0.1, 0.15) is 6.54 Å². The third-order valence-electron chi connectivity index (χ3n) is 3.37. The van der Waals surface area contributed by atoms with Gasteiger partial charge in [0.25, 0.3) is 0 Å². The van der Waals surface area contributed by atoms with E-state index < -0.39 is 0 Å². The summed E-state index contributed by atoms with van der Waals surface area (Å²) < 4.78 is 1.20. The molecule has 0 heterocycles. The van der Waals surface area contributed by atoms with E-state index in [-0.39, 0.29) is 36.4 Å². The van der Waals surface area contributed by atoms with Crippen LogP contribution < -0.4 is 12.4 Å². The summed E-state index contributed by atoms with van der Waals surface area (Å²) in [6, 6.07) is 10.8. The van der Waals surface area contributed by atoms with Crippen molar-refractivity contribution in [2.75, 3.05) is 19.6 Å². The van der Waals surface area contributed by atoms with Gasteiger partial charge in [0, 0.05) is 5.56 Å². The Morgan fingerprint density at radius 1 is 0.875 bits per heavy atom. The molecule has 0 N–H and O–H groups in total. The normalized spacial score (nSPS) is 10.2. The number of hydrogen-bond acceptors (Lipinski definition) is 0. The molecule has 0 spiro atoms. The third kappa shape index (κ3) is 5.02. The van der Waals surface area contributed by atoms with Crippen molar-refractivity contribution in [3.8, 4) is 0 Å². The Hall–Kier alpha value is 0.200. The van der Waals surface area contributed by atoms with E-state index >= 15 is 0 Å². The maximum atomic E-state index is 2.29. The summed E-state index contributed by atoms with van der Waals surface area (Å²) in [5, 5.41) is 0. The molecular weight excluding hydrogens is 333 g/mol. The second kappa shape index (κ2) is 9.25. The monoisotopic (exact) mass is 355 g/mol. The van der Waals surface area contributed by atoms with E-state index in [1.165, 1.54) is 36.2 Å². The van der Waals surface area contributed by atoms with Crippen LogP contribution in [-0.2, 0) is 6.54 Å². The van der Waals surface area contributed by atoms with Crippen molar-refractivity contribution in [2.24, 2.45) is 0 Å². The molecule has 0 aliphatic rings. The molecular formula is C13H23ClIN. The summed E-state index contributed by atoms with van der Waals surface area (Å²) in [6.45, 7) is 11.7. The van der Waals surface area contributed by atoms with Crippen LogP contribution in [0.15, 0.2) is 30.3 Å². The van der Waals surface area contributed by atoms with Crippen molar-refractivity contribution >= 4 is 24.0 Å². The summed E-state index contributed by atoms with van der Waals surface area (Å²) in [6.07, 6.45) is 0. The lowest BCUT2D eigenvalue weighted by Crippen LogP contribution is -3.00. The maximum Gasteiger partial charge on any atom is 0.104 e. The summed E-state index contributed by atoms with van der Waals surface area (Å²) >= 11 is 0. The molecule has 0 radical (unpaired) electrons. The first-order valence-corrected chi connectivity index (χ1v) is 5.65. The molecule has 0 bridgehead atoms. The summed E-state index contributed by atoms with van der Waals surface area (Å²) in [5.41, 5.74) is 1.46. The van der Waals surface area contributed by atoms with Gasteiger partial charge in [0.05, 0.1) is 19.6 Å². The van der Waals surface area contributed by atoms with Crippen molar-refractivity contribution in [3.05, 3.63) is 35.9 Å². The predicted molar refractivity (Wildman–Crippen MR) is 77.4 cm³/mol. The van der Waals surface area contributed by atoms with E-state index in [2.05, 4.69) is 51.1 Å². The Morgan fingerprint density at radius 2 is 1.31 bits per heavy atom. The molecule has 0 fully saturated rings. The van der Waals surface area contributed by atoms with Crippen molar-refractivity contribution in [1.82, 2.24) is 0 Å². The molecule has 0 saturated heterocycles. The van der Waals surface area contributed by atoms with Crippen LogP contribution in [0.2, 0.25) is 0 Å². The number of halogens is 2. The fourth-order valence-corrected chi connectivity index (χ4v) is 1.98. The topological polar surface area (TPSA) is 0 Å². The molecule has 1 nitrogen and oxygen atoms in total. The number of nitrogens with zero attached hydrogens (tertiary/aromatic N) is 1. The summed E-state index contributed by atoms with van der Waals surface area (Å²) in [5.74, 6) is 0. The van der Waals surface area contributed by atoms with Gasteiger partial charge >= 0.3 is 0 Å². The van der Waals surface area contributed by atoms with Gasteiger partial charge in [-0.15, -0.1) is 24.0 Å². The highest BCUT2D eigenvalue weighted by Gasteiger charge is 2.20. The SMILES string of the molecule is CC[N+](CC)(CC)Cc1ccccc1.I.[Cl-]. The van der Waals surface area contributed by atoms with E-state index in [1.807, 2.05) is 0 Å². The van der Waals surface area contributed by atoms with E-state index in [4.69, 9.17) is 0 Å². The van der Waals surface area contributed by atoms with Crippen LogP contribution in [-0.4, -0.2) is 24.1 Å². The van der Waals surface area contributed by atoms with Crippen LogP contribution in [0.5, 0.6) is 0 Å². The Morgan fingerprint density at radius 3 is 1.69 bits per heavy atom.